The van der Waals surface area contributed by atoms with E-state index in [0.29, 0.717) is 23.1 Å². The van der Waals surface area contributed by atoms with Crippen molar-refractivity contribution in [3.63, 3.8) is 0 Å². The molecule has 0 aliphatic rings. The van der Waals surface area contributed by atoms with Gasteiger partial charge in [0.1, 0.15) is 0 Å². The van der Waals surface area contributed by atoms with Gasteiger partial charge in [-0.1, -0.05) is 12.1 Å². The van der Waals surface area contributed by atoms with Gasteiger partial charge in [0.25, 0.3) is 0 Å². The second-order valence-corrected chi connectivity index (χ2v) is 7.55. The van der Waals surface area contributed by atoms with Crippen LogP contribution in [0.25, 0.3) is 11.3 Å². The van der Waals surface area contributed by atoms with E-state index in [1.54, 1.807) is 29.6 Å². The van der Waals surface area contributed by atoms with Crippen molar-refractivity contribution in [1.29, 1.82) is 0 Å². The van der Waals surface area contributed by atoms with Gasteiger partial charge in [-0.3, -0.25) is 9.52 Å². The van der Waals surface area contributed by atoms with Gasteiger partial charge < -0.3 is 15.7 Å². The van der Waals surface area contributed by atoms with Crippen LogP contribution in [-0.4, -0.2) is 50.4 Å². The molecule has 0 spiro atoms. The normalized spacial score (nSPS) is 11.2. The second-order valence-electron chi connectivity index (χ2n) is 4.94. The smallest absolute Gasteiger partial charge is 0.240 e. The molecule has 0 saturated carbocycles. The zero-order valence-corrected chi connectivity index (χ0v) is 14.6. The Kier molecular flexibility index (Phi) is 6.26. The molecule has 24 heavy (non-hydrogen) atoms. The molecule has 1 aromatic heterocycles. The van der Waals surface area contributed by atoms with Crippen molar-refractivity contribution >= 4 is 38.1 Å². The average Bonchev–Trinajstić information content (AvgIpc) is 2.94. The minimum absolute atomic E-state index is 0.0352. The van der Waals surface area contributed by atoms with Crippen molar-refractivity contribution in [2.45, 2.75) is 0 Å². The standard InChI is InChI=1S/C14H18N4O4S2/c1-24(21,22)18-11-4-2-3-10(7-11)12-9-23-14(16-12)17-13(20)8-15-5-6-19/h2-4,7,9,15,18-19H,5-6,8H2,1H3,(H,16,17,20). The lowest BCUT2D eigenvalue weighted by atomic mass is 10.1. The molecule has 4 N–H and O–H groups in total. The molecule has 1 amide bonds. The molecule has 10 heteroatoms. The molecule has 0 bridgehead atoms. The Morgan fingerprint density at radius 2 is 2.17 bits per heavy atom. The number of amides is 1. The van der Waals surface area contributed by atoms with Crippen LogP contribution in [0, 0.1) is 0 Å². The number of hydrogen-bond donors (Lipinski definition) is 4. The molecule has 2 rings (SSSR count). The van der Waals surface area contributed by atoms with Gasteiger partial charge in [0.05, 0.1) is 25.1 Å². The van der Waals surface area contributed by atoms with E-state index in [1.807, 2.05) is 0 Å². The van der Waals surface area contributed by atoms with Crippen molar-refractivity contribution in [3.05, 3.63) is 29.6 Å². The molecule has 0 fully saturated rings. The lowest BCUT2D eigenvalue weighted by Gasteiger charge is -2.05. The van der Waals surface area contributed by atoms with Gasteiger partial charge in [-0.25, -0.2) is 13.4 Å². The highest BCUT2D eigenvalue weighted by Gasteiger charge is 2.09. The molecule has 130 valence electrons. The Labute approximate surface area is 144 Å². The Bertz CT molecular complexity index is 805. The third-order valence-corrected chi connectivity index (χ3v) is 4.15. The van der Waals surface area contributed by atoms with Crippen LogP contribution in [0.1, 0.15) is 0 Å². The number of aliphatic hydroxyl groups excluding tert-OH is 1. The van der Waals surface area contributed by atoms with Gasteiger partial charge in [0, 0.05) is 23.2 Å². The fourth-order valence-corrected chi connectivity index (χ4v) is 3.16. The number of nitrogens with zero attached hydrogens (tertiary/aromatic N) is 1. The van der Waals surface area contributed by atoms with Gasteiger partial charge in [-0.05, 0) is 12.1 Å². The van der Waals surface area contributed by atoms with E-state index < -0.39 is 10.0 Å². The fraction of sp³-hybridized carbons (Fsp3) is 0.286. The number of carbonyl (C=O) groups is 1. The van der Waals surface area contributed by atoms with E-state index in [2.05, 4.69) is 20.3 Å². The summed E-state index contributed by atoms with van der Waals surface area (Å²) in [6.45, 7) is 0.395. The fourth-order valence-electron chi connectivity index (χ4n) is 1.86. The summed E-state index contributed by atoms with van der Waals surface area (Å²) in [6, 6.07) is 6.84. The number of hydrogen-bond acceptors (Lipinski definition) is 7. The molecule has 8 nitrogen and oxygen atoms in total. The number of sulfonamides is 1. The van der Waals surface area contributed by atoms with Gasteiger partial charge in [0.2, 0.25) is 15.9 Å². The van der Waals surface area contributed by atoms with Crippen LogP contribution in [0.5, 0.6) is 0 Å². The Morgan fingerprint density at radius 3 is 2.88 bits per heavy atom. The highest BCUT2D eigenvalue weighted by atomic mass is 32.2. The van der Waals surface area contributed by atoms with Crippen molar-refractivity contribution in [3.8, 4) is 11.3 Å². The van der Waals surface area contributed by atoms with Gasteiger partial charge >= 0.3 is 0 Å². The maximum atomic E-state index is 11.7. The number of nitrogens with one attached hydrogen (secondary N) is 3. The lowest BCUT2D eigenvalue weighted by Crippen LogP contribution is -2.29. The van der Waals surface area contributed by atoms with E-state index in [4.69, 9.17) is 5.11 Å². The van der Waals surface area contributed by atoms with Crippen molar-refractivity contribution in [1.82, 2.24) is 10.3 Å². The molecular weight excluding hydrogens is 352 g/mol. The van der Waals surface area contributed by atoms with E-state index in [9.17, 15) is 13.2 Å². The molecule has 0 aliphatic carbocycles. The Balaban J connectivity index is 2.05. The van der Waals surface area contributed by atoms with Crippen LogP contribution in [-0.2, 0) is 14.8 Å². The first-order chi connectivity index (χ1) is 11.4. The van der Waals surface area contributed by atoms with Gasteiger partial charge in [-0.2, -0.15) is 0 Å². The summed E-state index contributed by atoms with van der Waals surface area (Å²) in [5, 5.41) is 16.3. The summed E-state index contributed by atoms with van der Waals surface area (Å²) in [7, 11) is -3.35. The second kappa shape index (κ2) is 8.20. The van der Waals surface area contributed by atoms with E-state index >= 15 is 0 Å². The number of aromatic nitrogens is 1. The number of anilines is 2. The van der Waals surface area contributed by atoms with Crippen LogP contribution in [0.4, 0.5) is 10.8 Å². The predicted molar refractivity (Wildman–Crippen MR) is 94.6 cm³/mol. The summed E-state index contributed by atoms with van der Waals surface area (Å²) < 4.78 is 25.0. The van der Waals surface area contributed by atoms with Crippen LogP contribution >= 0.6 is 11.3 Å². The topological polar surface area (TPSA) is 120 Å². The summed E-state index contributed by atoms with van der Waals surface area (Å²) in [5.74, 6) is -0.253. The molecule has 1 heterocycles. The number of thiazole rings is 1. The number of carbonyl (C=O) groups excluding carboxylic acids is 1. The number of rotatable bonds is 8. The van der Waals surface area contributed by atoms with Crippen LogP contribution in [0.2, 0.25) is 0 Å². The first kappa shape index (κ1) is 18.3. The number of benzene rings is 1. The van der Waals surface area contributed by atoms with E-state index in [1.165, 1.54) is 11.3 Å². The quantitative estimate of drug-likeness (QED) is 0.508. The van der Waals surface area contributed by atoms with Crippen LogP contribution < -0.4 is 15.4 Å². The summed E-state index contributed by atoms with van der Waals surface area (Å²) in [6.07, 6.45) is 1.08. The Morgan fingerprint density at radius 1 is 1.38 bits per heavy atom. The summed E-state index contributed by atoms with van der Waals surface area (Å²) >= 11 is 1.27. The van der Waals surface area contributed by atoms with E-state index in [-0.39, 0.29) is 19.1 Å². The van der Waals surface area contributed by atoms with Gasteiger partial charge in [0.15, 0.2) is 5.13 Å². The third-order valence-electron chi connectivity index (χ3n) is 2.79. The molecule has 0 atom stereocenters. The predicted octanol–water partition coefficient (Wildman–Crippen LogP) is 0.702. The highest BCUT2D eigenvalue weighted by molar-refractivity contribution is 7.92. The largest absolute Gasteiger partial charge is 0.395 e. The zero-order valence-electron chi connectivity index (χ0n) is 12.9. The molecule has 0 saturated heterocycles. The first-order valence-corrected chi connectivity index (χ1v) is 9.79. The van der Waals surface area contributed by atoms with Crippen LogP contribution in [0.3, 0.4) is 0 Å². The minimum atomic E-state index is -3.35. The molecule has 0 unspecified atom stereocenters. The molecule has 2 aromatic rings. The maximum Gasteiger partial charge on any atom is 0.240 e. The lowest BCUT2D eigenvalue weighted by molar-refractivity contribution is -0.115. The summed E-state index contributed by atoms with van der Waals surface area (Å²) in [5.41, 5.74) is 1.82. The van der Waals surface area contributed by atoms with Crippen LogP contribution in [0.15, 0.2) is 29.6 Å². The SMILES string of the molecule is CS(=O)(=O)Nc1cccc(-c2csc(NC(=O)CNCCO)n2)c1. The maximum absolute atomic E-state index is 11.7. The van der Waals surface area contributed by atoms with Crippen molar-refractivity contribution in [2.75, 3.05) is 36.0 Å². The van der Waals surface area contributed by atoms with E-state index in [0.717, 1.165) is 11.8 Å². The van der Waals surface area contributed by atoms with Crippen molar-refractivity contribution in [2.24, 2.45) is 0 Å². The number of aliphatic hydroxyl groups is 1. The first-order valence-electron chi connectivity index (χ1n) is 7.02. The Hall–Kier alpha value is -2.01. The highest BCUT2D eigenvalue weighted by Crippen LogP contribution is 2.27. The monoisotopic (exact) mass is 370 g/mol. The summed E-state index contributed by atoms with van der Waals surface area (Å²) in [4.78, 5) is 16.0. The molecule has 1 aromatic carbocycles. The molecule has 0 aliphatic heterocycles. The zero-order chi connectivity index (χ0) is 17.6. The molecule has 0 radical (unpaired) electrons. The van der Waals surface area contributed by atoms with Gasteiger partial charge in [-0.15, -0.1) is 11.3 Å². The van der Waals surface area contributed by atoms with Crippen molar-refractivity contribution < 1.29 is 18.3 Å². The minimum Gasteiger partial charge on any atom is -0.395 e. The average molecular weight is 370 g/mol. The third kappa shape index (κ3) is 5.89. The molecular formula is C14H18N4O4S2.